The predicted molar refractivity (Wildman–Crippen MR) is 149 cm³/mol. The number of carbonyl (C=O) groups is 1. The molecule has 0 aromatic heterocycles. The van der Waals surface area contributed by atoms with Crippen molar-refractivity contribution in [2.24, 2.45) is 34.5 Å². The fourth-order valence-corrected chi connectivity index (χ4v) is 8.49. The molecule has 7 atom stereocenters. The Morgan fingerprint density at radius 2 is 1.86 bits per heavy atom. The van der Waals surface area contributed by atoms with Crippen molar-refractivity contribution in [3.8, 4) is 0 Å². The lowest BCUT2D eigenvalue weighted by Crippen LogP contribution is -2.46. The first-order valence-corrected chi connectivity index (χ1v) is 14.5. The van der Waals surface area contributed by atoms with Crippen LogP contribution >= 0.6 is 0 Å². The van der Waals surface area contributed by atoms with Gasteiger partial charge in [-0.25, -0.2) is 4.79 Å². The second kappa shape index (κ2) is 9.99. The van der Waals surface area contributed by atoms with Crippen molar-refractivity contribution in [3.63, 3.8) is 0 Å². The number of ether oxygens (including phenoxy) is 1. The maximum atomic E-state index is 12.7. The van der Waals surface area contributed by atoms with Gasteiger partial charge in [0.15, 0.2) is 0 Å². The van der Waals surface area contributed by atoms with Crippen molar-refractivity contribution in [2.75, 3.05) is 0 Å². The van der Waals surface area contributed by atoms with Gasteiger partial charge >= 0.3 is 5.97 Å². The van der Waals surface area contributed by atoms with E-state index in [2.05, 4.69) is 52.8 Å². The number of carbonyl (C=O) groups excluding carboxylic acids is 1. The van der Waals surface area contributed by atoms with Gasteiger partial charge in [-0.15, -0.1) is 0 Å². The van der Waals surface area contributed by atoms with Crippen molar-refractivity contribution >= 4 is 5.97 Å². The number of fused-ring (bicyclic) bond motifs is 4. The summed E-state index contributed by atoms with van der Waals surface area (Å²) in [6.45, 7) is 12.1. The molecule has 1 saturated carbocycles. The zero-order chi connectivity index (χ0) is 25.5. The molecule has 0 amide bonds. The topological polar surface area (TPSA) is 26.3 Å². The van der Waals surface area contributed by atoms with Gasteiger partial charge in [0.05, 0.1) is 5.56 Å². The Morgan fingerprint density at radius 1 is 1.08 bits per heavy atom. The van der Waals surface area contributed by atoms with Gasteiger partial charge in [-0.1, -0.05) is 73.9 Å². The molecule has 1 fully saturated rings. The monoisotopic (exact) mass is 486 g/mol. The lowest BCUT2D eigenvalue weighted by Gasteiger charge is -2.55. The number of esters is 1. The van der Waals surface area contributed by atoms with Crippen LogP contribution in [0.15, 0.2) is 65.3 Å². The highest BCUT2D eigenvalue weighted by Crippen LogP contribution is 2.64. The summed E-state index contributed by atoms with van der Waals surface area (Å²) in [5.74, 6) is 2.53. The van der Waals surface area contributed by atoms with Crippen molar-refractivity contribution in [2.45, 2.75) is 98.5 Å². The predicted octanol–water partition coefficient (Wildman–Crippen LogP) is 9.09. The van der Waals surface area contributed by atoms with Crippen LogP contribution in [0.25, 0.3) is 0 Å². The summed E-state index contributed by atoms with van der Waals surface area (Å²) in [6, 6.07) is 9.48. The number of hydrogen-bond donors (Lipinski definition) is 0. The molecule has 4 aliphatic rings. The lowest BCUT2D eigenvalue weighted by atomic mass is 9.50. The molecule has 2 heteroatoms. The van der Waals surface area contributed by atoms with E-state index in [0.29, 0.717) is 28.7 Å². The van der Waals surface area contributed by atoms with Crippen molar-refractivity contribution in [1.29, 1.82) is 0 Å². The molecule has 4 aliphatic carbocycles. The molecule has 194 valence electrons. The van der Waals surface area contributed by atoms with Crippen LogP contribution in [-0.4, -0.2) is 12.1 Å². The number of benzene rings is 1. The van der Waals surface area contributed by atoms with Gasteiger partial charge < -0.3 is 4.74 Å². The summed E-state index contributed by atoms with van der Waals surface area (Å²) in [4.78, 5) is 12.7. The minimum Gasteiger partial charge on any atom is -0.459 e. The summed E-state index contributed by atoms with van der Waals surface area (Å²) in [7, 11) is 0. The first kappa shape index (κ1) is 25.6. The first-order valence-electron chi connectivity index (χ1n) is 14.5. The SMILES string of the molecule is CC(C)=CCC[C@@H](C)[C@H]1C=C[C@@H]2C3=C(CC[C@@]21C)[C@@]1(C)CC[C@H](OC(=O)c2ccccc2)CC1CC3. The highest BCUT2D eigenvalue weighted by Gasteiger charge is 2.54. The van der Waals surface area contributed by atoms with E-state index in [4.69, 9.17) is 4.74 Å². The molecule has 1 unspecified atom stereocenters. The van der Waals surface area contributed by atoms with Crippen molar-refractivity contribution in [3.05, 3.63) is 70.8 Å². The molecule has 0 aliphatic heterocycles. The minimum absolute atomic E-state index is 0.0594. The Kier molecular flexibility index (Phi) is 7.09. The molecular formula is C34H46O2. The summed E-state index contributed by atoms with van der Waals surface area (Å²) in [5, 5.41) is 0. The Morgan fingerprint density at radius 3 is 2.61 bits per heavy atom. The van der Waals surface area contributed by atoms with Crippen LogP contribution in [0.2, 0.25) is 0 Å². The van der Waals surface area contributed by atoms with Gasteiger partial charge in [0.2, 0.25) is 0 Å². The lowest BCUT2D eigenvalue weighted by molar-refractivity contribution is -0.0151. The Bertz CT molecular complexity index is 1060. The second-order valence-corrected chi connectivity index (χ2v) is 13.1. The summed E-state index contributed by atoms with van der Waals surface area (Å²) in [5.41, 5.74) is 6.36. The summed E-state index contributed by atoms with van der Waals surface area (Å²) < 4.78 is 6.01. The van der Waals surface area contributed by atoms with E-state index >= 15 is 0 Å². The van der Waals surface area contributed by atoms with Gasteiger partial charge in [-0.05, 0) is 112 Å². The van der Waals surface area contributed by atoms with Crippen LogP contribution in [0, 0.1) is 34.5 Å². The standard InChI is InChI=1S/C34H46O2/c1-23(2)10-9-11-24(3)29-16-17-30-28-15-14-26-22-27(36-32(35)25-12-7-6-8-13-25)18-20-33(26,4)31(28)19-21-34(29,30)5/h6-8,10,12-13,16-17,24,26-27,29-30H,9,11,14-15,18-22H2,1-5H3/t24-,26?,27+,29-,30-,33+,34-/m1/s1. The van der Waals surface area contributed by atoms with Crippen LogP contribution in [0.1, 0.15) is 103 Å². The maximum absolute atomic E-state index is 12.7. The zero-order valence-corrected chi connectivity index (χ0v) is 23.2. The third-order valence-corrected chi connectivity index (χ3v) is 10.6. The van der Waals surface area contributed by atoms with Crippen LogP contribution in [0.4, 0.5) is 0 Å². The number of allylic oxidation sites excluding steroid dienone is 6. The van der Waals surface area contributed by atoms with Crippen LogP contribution in [0.5, 0.6) is 0 Å². The van der Waals surface area contributed by atoms with Crippen LogP contribution < -0.4 is 0 Å². The van der Waals surface area contributed by atoms with Gasteiger partial charge in [-0.2, -0.15) is 0 Å². The average Bonchev–Trinajstić information content (AvgIpc) is 3.22. The quantitative estimate of drug-likeness (QED) is 0.296. The normalized spacial score (nSPS) is 35.9. The molecule has 0 bridgehead atoms. The smallest absolute Gasteiger partial charge is 0.338 e. The molecule has 0 spiro atoms. The van der Waals surface area contributed by atoms with E-state index in [1.807, 2.05) is 30.3 Å². The zero-order valence-electron chi connectivity index (χ0n) is 23.2. The molecule has 36 heavy (non-hydrogen) atoms. The molecule has 0 N–H and O–H groups in total. The van der Waals surface area contributed by atoms with E-state index in [1.165, 1.54) is 44.1 Å². The highest BCUT2D eigenvalue weighted by atomic mass is 16.5. The van der Waals surface area contributed by atoms with Crippen LogP contribution in [0.3, 0.4) is 0 Å². The van der Waals surface area contributed by atoms with Gasteiger partial charge in [0.1, 0.15) is 6.10 Å². The fourth-order valence-electron chi connectivity index (χ4n) is 8.49. The Balaban J connectivity index is 1.28. The molecule has 1 aromatic rings. The number of rotatable bonds is 6. The fraction of sp³-hybridized carbons (Fsp3) is 0.618. The van der Waals surface area contributed by atoms with Gasteiger partial charge in [-0.3, -0.25) is 0 Å². The molecule has 1 aromatic carbocycles. The highest BCUT2D eigenvalue weighted by molar-refractivity contribution is 5.89. The van der Waals surface area contributed by atoms with E-state index in [0.717, 1.165) is 25.2 Å². The minimum atomic E-state index is -0.158. The van der Waals surface area contributed by atoms with Crippen molar-refractivity contribution < 1.29 is 9.53 Å². The van der Waals surface area contributed by atoms with E-state index in [1.54, 1.807) is 11.1 Å². The third-order valence-electron chi connectivity index (χ3n) is 10.6. The molecule has 2 nitrogen and oxygen atoms in total. The summed E-state index contributed by atoms with van der Waals surface area (Å²) >= 11 is 0. The first-order chi connectivity index (χ1) is 17.2. The molecule has 0 radical (unpaired) electrons. The molecular weight excluding hydrogens is 440 g/mol. The van der Waals surface area contributed by atoms with E-state index < -0.39 is 0 Å². The number of hydrogen-bond acceptors (Lipinski definition) is 2. The van der Waals surface area contributed by atoms with Crippen molar-refractivity contribution in [1.82, 2.24) is 0 Å². The molecule has 5 rings (SSSR count). The average molecular weight is 487 g/mol. The largest absolute Gasteiger partial charge is 0.459 e. The Labute approximate surface area is 219 Å². The van der Waals surface area contributed by atoms with E-state index in [-0.39, 0.29) is 17.5 Å². The third kappa shape index (κ3) is 4.54. The molecule has 0 heterocycles. The summed E-state index contributed by atoms with van der Waals surface area (Å²) in [6.07, 6.45) is 18.4. The Hall–Kier alpha value is -2.09. The molecule has 0 saturated heterocycles. The second-order valence-electron chi connectivity index (χ2n) is 13.1. The van der Waals surface area contributed by atoms with E-state index in [9.17, 15) is 4.79 Å². The van der Waals surface area contributed by atoms with Crippen LogP contribution in [-0.2, 0) is 4.74 Å². The maximum Gasteiger partial charge on any atom is 0.338 e. The van der Waals surface area contributed by atoms with Gasteiger partial charge in [0, 0.05) is 5.92 Å². The van der Waals surface area contributed by atoms with Gasteiger partial charge in [0.25, 0.3) is 0 Å².